The fourth-order valence-electron chi connectivity index (χ4n) is 3.71. The molecule has 2 aliphatic heterocycles. The van der Waals surface area contributed by atoms with E-state index >= 15 is 0 Å². The van der Waals surface area contributed by atoms with Gasteiger partial charge in [-0.2, -0.15) is 0 Å². The van der Waals surface area contributed by atoms with E-state index in [2.05, 4.69) is 36.0 Å². The van der Waals surface area contributed by atoms with Crippen LogP contribution in [0.15, 0.2) is 4.99 Å². The fourth-order valence-corrected chi connectivity index (χ4v) is 3.71. The fraction of sp³-hybridized carbons (Fsp3) is 0.944. The van der Waals surface area contributed by atoms with Crippen molar-refractivity contribution in [3.05, 3.63) is 0 Å². The van der Waals surface area contributed by atoms with Gasteiger partial charge in [-0.05, 0) is 52.1 Å². The van der Waals surface area contributed by atoms with Gasteiger partial charge in [0.2, 0.25) is 0 Å². The van der Waals surface area contributed by atoms with E-state index in [1.165, 1.54) is 38.8 Å². The van der Waals surface area contributed by atoms with Gasteiger partial charge in [-0.1, -0.05) is 13.3 Å². The lowest BCUT2D eigenvalue weighted by Gasteiger charge is -2.43. The Morgan fingerprint density at radius 2 is 1.91 bits per heavy atom. The lowest BCUT2D eigenvalue weighted by atomic mass is 9.88. The van der Waals surface area contributed by atoms with Crippen LogP contribution in [0.3, 0.4) is 0 Å². The number of likely N-dealkylation sites (tertiary alicyclic amines) is 1. The van der Waals surface area contributed by atoms with Crippen LogP contribution in [-0.2, 0) is 4.74 Å². The maximum atomic E-state index is 5.64. The predicted octanol–water partition coefficient (Wildman–Crippen LogP) is 2.33. The lowest BCUT2D eigenvalue weighted by molar-refractivity contribution is -0.0139. The van der Waals surface area contributed by atoms with Gasteiger partial charge in [0.15, 0.2) is 5.96 Å². The van der Waals surface area contributed by atoms with Gasteiger partial charge in [0.05, 0.1) is 6.54 Å². The van der Waals surface area contributed by atoms with Crippen LogP contribution in [0.2, 0.25) is 0 Å². The Hall–Kier alpha value is -0.810. The van der Waals surface area contributed by atoms with Crippen LogP contribution in [0.25, 0.3) is 0 Å². The molecule has 0 amide bonds. The highest BCUT2D eigenvalue weighted by atomic mass is 16.5. The van der Waals surface area contributed by atoms with Crippen molar-refractivity contribution in [3.8, 4) is 0 Å². The predicted molar refractivity (Wildman–Crippen MR) is 97.1 cm³/mol. The molecule has 134 valence electrons. The van der Waals surface area contributed by atoms with Gasteiger partial charge < -0.3 is 15.0 Å². The monoisotopic (exact) mass is 324 g/mol. The van der Waals surface area contributed by atoms with Gasteiger partial charge in [0.1, 0.15) is 0 Å². The molecule has 0 radical (unpaired) electrons. The first kappa shape index (κ1) is 18.5. The third-order valence-electron chi connectivity index (χ3n) is 5.27. The summed E-state index contributed by atoms with van der Waals surface area (Å²) in [6.07, 6.45) is 7.35. The second-order valence-corrected chi connectivity index (χ2v) is 6.98. The van der Waals surface area contributed by atoms with E-state index in [4.69, 9.17) is 9.73 Å². The third-order valence-corrected chi connectivity index (χ3v) is 5.27. The van der Waals surface area contributed by atoms with Crippen LogP contribution >= 0.6 is 0 Å². The first-order valence-electron chi connectivity index (χ1n) is 9.54. The van der Waals surface area contributed by atoms with E-state index in [1.54, 1.807) is 0 Å². The van der Waals surface area contributed by atoms with Gasteiger partial charge in [-0.3, -0.25) is 9.89 Å². The molecule has 5 nitrogen and oxygen atoms in total. The van der Waals surface area contributed by atoms with Crippen molar-refractivity contribution in [3.63, 3.8) is 0 Å². The van der Waals surface area contributed by atoms with E-state index in [-0.39, 0.29) is 5.54 Å². The summed E-state index contributed by atoms with van der Waals surface area (Å²) in [5.41, 5.74) is 0.223. The molecule has 2 fully saturated rings. The van der Waals surface area contributed by atoms with Crippen LogP contribution in [0.1, 0.15) is 52.4 Å². The molecule has 0 saturated carbocycles. The highest BCUT2D eigenvalue weighted by molar-refractivity contribution is 5.79. The van der Waals surface area contributed by atoms with Gasteiger partial charge in [-0.25, -0.2) is 0 Å². The van der Waals surface area contributed by atoms with Crippen molar-refractivity contribution in [1.29, 1.82) is 0 Å². The molecule has 0 aromatic rings. The zero-order chi connectivity index (χ0) is 16.5. The van der Waals surface area contributed by atoms with Crippen molar-refractivity contribution in [2.24, 2.45) is 4.99 Å². The first-order valence-corrected chi connectivity index (χ1v) is 9.54. The summed E-state index contributed by atoms with van der Waals surface area (Å²) in [5.74, 6) is 1.06. The molecule has 2 saturated heterocycles. The summed E-state index contributed by atoms with van der Waals surface area (Å²) in [6, 6.07) is 0. The Balaban J connectivity index is 2.06. The highest BCUT2D eigenvalue weighted by Crippen LogP contribution is 2.31. The molecule has 2 aliphatic rings. The average Bonchev–Trinajstić information content (AvgIpc) is 3.12. The minimum atomic E-state index is 0.223. The van der Waals surface area contributed by atoms with Crippen molar-refractivity contribution in [1.82, 2.24) is 15.1 Å². The summed E-state index contributed by atoms with van der Waals surface area (Å²) < 4.78 is 5.64. The molecule has 23 heavy (non-hydrogen) atoms. The number of nitrogens with one attached hydrogen (secondary N) is 1. The highest BCUT2D eigenvalue weighted by Gasteiger charge is 2.39. The summed E-state index contributed by atoms with van der Waals surface area (Å²) in [7, 11) is 2.16. The Bertz CT molecular complexity index is 360. The lowest BCUT2D eigenvalue weighted by Crippen LogP contribution is -2.54. The molecular formula is C18H36N4O. The maximum absolute atomic E-state index is 5.64. The normalized spacial score (nSPS) is 22.3. The number of ether oxygens (including phenoxy) is 1. The van der Waals surface area contributed by atoms with Gasteiger partial charge in [0, 0.05) is 38.9 Å². The summed E-state index contributed by atoms with van der Waals surface area (Å²) in [5, 5.41) is 3.46. The SMILES string of the molecule is CCCCN(C)C(=NCC1(N2CCCC2)CCOCC1)NCC. The smallest absolute Gasteiger partial charge is 0.193 e. The summed E-state index contributed by atoms with van der Waals surface area (Å²) in [6.45, 7) is 11.5. The van der Waals surface area contributed by atoms with Crippen LogP contribution < -0.4 is 5.32 Å². The Morgan fingerprint density at radius 1 is 1.22 bits per heavy atom. The van der Waals surface area contributed by atoms with E-state index in [0.717, 1.165) is 51.6 Å². The van der Waals surface area contributed by atoms with E-state index in [9.17, 15) is 0 Å². The minimum absolute atomic E-state index is 0.223. The van der Waals surface area contributed by atoms with Crippen molar-refractivity contribution in [2.45, 2.75) is 57.9 Å². The van der Waals surface area contributed by atoms with E-state index < -0.39 is 0 Å². The molecule has 5 heteroatoms. The standard InChI is InChI=1S/C18H36N4O/c1-4-6-11-21(3)17(19-5-2)20-16-18(9-14-23-15-10-18)22-12-7-8-13-22/h4-16H2,1-3H3,(H,19,20). The van der Waals surface area contributed by atoms with Gasteiger partial charge in [-0.15, -0.1) is 0 Å². The molecule has 0 aromatic heterocycles. The number of hydrogen-bond donors (Lipinski definition) is 1. The number of nitrogens with zero attached hydrogens (tertiary/aromatic N) is 3. The molecule has 0 spiro atoms. The molecule has 0 aromatic carbocycles. The minimum Gasteiger partial charge on any atom is -0.381 e. The van der Waals surface area contributed by atoms with Crippen LogP contribution in [0, 0.1) is 0 Å². The van der Waals surface area contributed by atoms with Crippen molar-refractivity contribution >= 4 is 5.96 Å². The Kier molecular flexibility index (Phi) is 7.63. The number of rotatable bonds is 7. The van der Waals surface area contributed by atoms with E-state index in [0.29, 0.717) is 0 Å². The summed E-state index contributed by atoms with van der Waals surface area (Å²) in [4.78, 5) is 10.0. The number of guanidine groups is 1. The molecule has 2 heterocycles. The molecular weight excluding hydrogens is 288 g/mol. The van der Waals surface area contributed by atoms with Gasteiger partial charge >= 0.3 is 0 Å². The Morgan fingerprint density at radius 3 is 2.52 bits per heavy atom. The molecule has 0 atom stereocenters. The van der Waals surface area contributed by atoms with Crippen LogP contribution in [0.4, 0.5) is 0 Å². The zero-order valence-corrected chi connectivity index (χ0v) is 15.4. The Labute approximate surface area is 142 Å². The van der Waals surface area contributed by atoms with Crippen LogP contribution in [-0.4, -0.2) is 74.3 Å². The topological polar surface area (TPSA) is 40.1 Å². The molecule has 0 bridgehead atoms. The van der Waals surface area contributed by atoms with Crippen molar-refractivity contribution < 1.29 is 4.74 Å². The maximum Gasteiger partial charge on any atom is 0.193 e. The quantitative estimate of drug-likeness (QED) is 0.576. The summed E-state index contributed by atoms with van der Waals surface area (Å²) >= 11 is 0. The number of hydrogen-bond acceptors (Lipinski definition) is 3. The number of aliphatic imine (C=N–C) groups is 1. The molecule has 2 rings (SSSR count). The second-order valence-electron chi connectivity index (χ2n) is 6.98. The molecule has 1 N–H and O–H groups in total. The number of unbranched alkanes of at least 4 members (excludes halogenated alkanes) is 1. The molecule has 0 unspecified atom stereocenters. The van der Waals surface area contributed by atoms with Crippen LogP contribution in [0.5, 0.6) is 0 Å². The zero-order valence-electron chi connectivity index (χ0n) is 15.4. The third kappa shape index (κ3) is 5.08. The van der Waals surface area contributed by atoms with Gasteiger partial charge in [0.25, 0.3) is 0 Å². The van der Waals surface area contributed by atoms with Crippen molar-refractivity contribution in [2.75, 3.05) is 53.0 Å². The first-order chi connectivity index (χ1) is 11.2. The molecule has 0 aliphatic carbocycles. The van der Waals surface area contributed by atoms with E-state index in [1.807, 2.05) is 0 Å². The largest absolute Gasteiger partial charge is 0.381 e. The average molecular weight is 325 g/mol. The second kappa shape index (κ2) is 9.48.